The van der Waals surface area contributed by atoms with E-state index in [-0.39, 0.29) is 30.0 Å². The van der Waals surface area contributed by atoms with Crippen LogP contribution in [-0.2, 0) is 16.6 Å². The summed E-state index contributed by atoms with van der Waals surface area (Å²) < 4.78 is 6.88. The van der Waals surface area contributed by atoms with Crippen LogP contribution in [0, 0.1) is 5.92 Å². The number of aryl methyl sites for hydroxylation is 1. The minimum atomic E-state index is -0.551. The second-order valence-electron chi connectivity index (χ2n) is 14.4. The van der Waals surface area contributed by atoms with Crippen LogP contribution in [0.4, 0.5) is 0 Å². The van der Waals surface area contributed by atoms with Gasteiger partial charge in [0.15, 0.2) is 5.82 Å². The van der Waals surface area contributed by atoms with Gasteiger partial charge in [0.25, 0.3) is 0 Å². The van der Waals surface area contributed by atoms with Gasteiger partial charge in [-0.3, -0.25) is 24.6 Å². The number of amides is 2. The number of thioether (sulfide) groups is 1. The first-order valence-electron chi connectivity index (χ1n) is 17.8. The standard InChI is InChI=1S/C37H49N9O3S/c1-24(2)49-32-12-9-28(20-38-32)34-30-19-29(10-11-31(30)41-42-34)40-36(48)37(50-4)15-18-45(22-37)21-33(47)46-16-13-26(14-17-46)25-5-7-27(8-6-25)35-39-23-44(3)43-35/h5-9,12-13,20,23-24,29-31,34,41-42H,10-11,14-19,21-22H2,1-4H3,(H,40,48)/t29?,30?,31?,34?,37-/m0/s1. The normalized spacial score (nSPS) is 26.9. The maximum Gasteiger partial charge on any atom is 0.237 e. The molecular weight excluding hydrogens is 651 g/mol. The molecule has 1 aromatic carbocycles. The van der Waals surface area contributed by atoms with Gasteiger partial charge in [-0.2, -0.15) is 5.10 Å². The molecule has 0 radical (unpaired) electrons. The number of carbonyl (C=O) groups is 2. The molecule has 4 aliphatic rings. The van der Waals surface area contributed by atoms with E-state index in [0.717, 1.165) is 49.8 Å². The van der Waals surface area contributed by atoms with Crippen LogP contribution < -0.4 is 20.9 Å². The van der Waals surface area contributed by atoms with E-state index in [2.05, 4.69) is 72.5 Å². The molecule has 0 bridgehead atoms. The highest BCUT2D eigenvalue weighted by molar-refractivity contribution is 8.00. The fourth-order valence-corrected chi connectivity index (χ4v) is 8.77. The van der Waals surface area contributed by atoms with E-state index >= 15 is 0 Å². The molecule has 5 heterocycles. The molecule has 3 fully saturated rings. The van der Waals surface area contributed by atoms with Crippen molar-refractivity contribution in [2.75, 3.05) is 39.0 Å². The minimum absolute atomic E-state index is 0.0805. The summed E-state index contributed by atoms with van der Waals surface area (Å²) in [6.45, 7) is 6.94. The minimum Gasteiger partial charge on any atom is -0.475 e. The van der Waals surface area contributed by atoms with E-state index < -0.39 is 4.75 Å². The zero-order chi connectivity index (χ0) is 34.8. The molecule has 1 aliphatic carbocycles. The van der Waals surface area contributed by atoms with Crippen molar-refractivity contribution >= 4 is 29.1 Å². The molecule has 2 amide bonds. The molecule has 2 aromatic heterocycles. The van der Waals surface area contributed by atoms with Crippen molar-refractivity contribution in [3.05, 3.63) is 66.1 Å². The molecule has 7 rings (SSSR count). The Bertz CT molecular complexity index is 1690. The van der Waals surface area contributed by atoms with Gasteiger partial charge in [0.05, 0.1) is 18.7 Å². The molecule has 266 valence electrons. The number of likely N-dealkylation sites (tertiary alicyclic amines) is 1. The van der Waals surface area contributed by atoms with Crippen LogP contribution in [0.1, 0.15) is 63.1 Å². The van der Waals surface area contributed by atoms with Crippen molar-refractivity contribution in [2.24, 2.45) is 13.0 Å². The summed E-state index contributed by atoms with van der Waals surface area (Å²) in [7, 11) is 1.86. The van der Waals surface area contributed by atoms with E-state index in [9.17, 15) is 9.59 Å². The van der Waals surface area contributed by atoms with Gasteiger partial charge in [0.2, 0.25) is 17.7 Å². The highest BCUT2D eigenvalue weighted by Gasteiger charge is 2.47. The predicted molar refractivity (Wildman–Crippen MR) is 195 cm³/mol. The number of rotatable bonds is 10. The Kier molecular flexibility index (Phi) is 10.3. The average Bonchev–Trinajstić information content (AvgIpc) is 3.87. The fourth-order valence-electron chi connectivity index (χ4n) is 7.91. The molecule has 2 saturated heterocycles. The predicted octanol–water partition coefficient (Wildman–Crippen LogP) is 3.59. The maximum absolute atomic E-state index is 13.9. The number of hydrogen-bond donors (Lipinski definition) is 3. The van der Waals surface area contributed by atoms with Gasteiger partial charge in [0, 0.05) is 63.1 Å². The Morgan fingerprint density at radius 2 is 1.90 bits per heavy atom. The summed E-state index contributed by atoms with van der Waals surface area (Å²) in [6.07, 6.45) is 12.3. The smallest absolute Gasteiger partial charge is 0.237 e. The van der Waals surface area contributed by atoms with Crippen molar-refractivity contribution in [2.45, 2.75) is 74.9 Å². The summed E-state index contributed by atoms with van der Waals surface area (Å²) >= 11 is 1.62. The first kappa shape index (κ1) is 34.7. The van der Waals surface area contributed by atoms with Gasteiger partial charge < -0.3 is 15.0 Å². The lowest BCUT2D eigenvalue weighted by atomic mass is 9.77. The summed E-state index contributed by atoms with van der Waals surface area (Å²) in [5.74, 6) is 1.92. The lowest BCUT2D eigenvalue weighted by Crippen LogP contribution is -2.52. The number of pyridine rings is 1. The second kappa shape index (κ2) is 14.8. The molecule has 12 nitrogen and oxygen atoms in total. The molecule has 3 N–H and O–H groups in total. The van der Waals surface area contributed by atoms with Crippen LogP contribution in [0.2, 0.25) is 0 Å². The van der Waals surface area contributed by atoms with Crippen molar-refractivity contribution in [1.29, 1.82) is 0 Å². The Morgan fingerprint density at radius 1 is 1.08 bits per heavy atom. The maximum atomic E-state index is 13.9. The molecule has 3 aliphatic heterocycles. The van der Waals surface area contributed by atoms with Crippen LogP contribution in [0.25, 0.3) is 17.0 Å². The quantitative estimate of drug-likeness (QED) is 0.289. The Labute approximate surface area is 298 Å². The number of fused-ring (bicyclic) bond motifs is 1. The van der Waals surface area contributed by atoms with Crippen molar-refractivity contribution < 1.29 is 14.3 Å². The molecule has 3 aromatic rings. The Balaban J connectivity index is 0.903. The zero-order valence-electron chi connectivity index (χ0n) is 29.5. The summed E-state index contributed by atoms with van der Waals surface area (Å²) in [4.78, 5) is 40.3. The number of aromatic nitrogens is 4. The fraction of sp³-hybridized carbons (Fsp3) is 0.541. The summed E-state index contributed by atoms with van der Waals surface area (Å²) in [5.41, 5.74) is 11.5. The third kappa shape index (κ3) is 7.46. The van der Waals surface area contributed by atoms with Gasteiger partial charge in [-0.15, -0.1) is 11.8 Å². The van der Waals surface area contributed by atoms with Gasteiger partial charge >= 0.3 is 0 Å². The van der Waals surface area contributed by atoms with Crippen molar-refractivity contribution in [3.8, 4) is 17.3 Å². The van der Waals surface area contributed by atoms with Gasteiger partial charge in [0.1, 0.15) is 11.1 Å². The number of nitrogens with zero attached hydrogens (tertiary/aromatic N) is 6. The number of hydrogen-bond acceptors (Lipinski definition) is 10. The van der Waals surface area contributed by atoms with Crippen molar-refractivity contribution in [1.82, 2.24) is 45.7 Å². The van der Waals surface area contributed by atoms with Crippen molar-refractivity contribution in [3.63, 3.8) is 0 Å². The van der Waals surface area contributed by atoms with E-state index in [0.29, 0.717) is 49.8 Å². The topological polar surface area (TPSA) is 130 Å². The molecular formula is C37H49N9O3S. The number of benzene rings is 1. The molecule has 5 atom stereocenters. The Morgan fingerprint density at radius 3 is 2.58 bits per heavy atom. The Hall–Kier alpha value is -3.78. The number of carbonyl (C=O) groups excluding carboxylic acids is 2. The largest absolute Gasteiger partial charge is 0.475 e. The van der Waals surface area contributed by atoms with E-state index in [1.807, 2.05) is 44.3 Å². The highest BCUT2D eigenvalue weighted by atomic mass is 32.2. The summed E-state index contributed by atoms with van der Waals surface area (Å²) in [5, 5.41) is 7.84. The molecule has 13 heteroatoms. The van der Waals surface area contributed by atoms with E-state index in [1.165, 1.54) is 11.1 Å². The third-order valence-corrected chi connectivity index (χ3v) is 12.0. The SMILES string of the molecule is CS[C@@]1(C(=O)NC2CCC3NNC(c4ccc(OC(C)C)nc4)C3C2)CCN(CC(=O)N2CC=C(c3ccc(-c4ncn(C)n4)cc3)CC2)C1. The van der Waals surface area contributed by atoms with Crippen LogP contribution in [-0.4, -0.2) is 103 Å². The van der Waals surface area contributed by atoms with Crippen LogP contribution in [0.15, 0.2) is 55.0 Å². The molecule has 50 heavy (non-hydrogen) atoms. The van der Waals surface area contributed by atoms with E-state index in [4.69, 9.17) is 4.74 Å². The number of ether oxygens (including phenoxy) is 1. The third-order valence-electron chi connectivity index (χ3n) is 10.7. The molecule has 0 spiro atoms. The van der Waals surface area contributed by atoms with Gasteiger partial charge in [-0.25, -0.2) is 15.4 Å². The first-order valence-corrected chi connectivity index (χ1v) is 19.1. The monoisotopic (exact) mass is 699 g/mol. The van der Waals surface area contributed by atoms with Crippen LogP contribution >= 0.6 is 11.8 Å². The first-order chi connectivity index (χ1) is 24.2. The number of nitrogens with one attached hydrogen (secondary N) is 3. The molecule has 4 unspecified atom stereocenters. The van der Waals surface area contributed by atoms with E-state index in [1.54, 1.807) is 22.8 Å². The zero-order valence-corrected chi connectivity index (χ0v) is 30.3. The van der Waals surface area contributed by atoms with Crippen LogP contribution in [0.5, 0.6) is 5.88 Å². The van der Waals surface area contributed by atoms with Crippen LogP contribution in [0.3, 0.4) is 0 Å². The highest BCUT2D eigenvalue weighted by Crippen LogP contribution is 2.40. The average molecular weight is 700 g/mol. The van der Waals surface area contributed by atoms with Gasteiger partial charge in [-0.1, -0.05) is 36.4 Å². The second-order valence-corrected chi connectivity index (χ2v) is 15.6. The van der Waals surface area contributed by atoms with Gasteiger partial charge in [-0.05, 0) is 74.8 Å². The molecule has 1 saturated carbocycles. The number of hydrazine groups is 1. The lowest BCUT2D eigenvalue weighted by molar-refractivity contribution is -0.132. The lowest BCUT2D eigenvalue weighted by Gasteiger charge is -2.36. The summed E-state index contributed by atoms with van der Waals surface area (Å²) in [6, 6.07) is 12.9.